The number of fused-ring (bicyclic) bond motifs is 1. The first-order valence-electron chi connectivity index (χ1n) is 8.31. The minimum atomic E-state index is -0.179. The van der Waals surface area contributed by atoms with Crippen LogP contribution in [0.5, 0.6) is 0 Å². The Hall–Kier alpha value is -1.96. The van der Waals surface area contributed by atoms with Gasteiger partial charge in [-0.1, -0.05) is 20.8 Å². The molecule has 0 saturated carbocycles. The van der Waals surface area contributed by atoms with Crippen molar-refractivity contribution < 1.29 is 4.79 Å². The molecule has 2 amide bonds. The van der Waals surface area contributed by atoms with E-state index in [0.29, 0.717) is 19.5 Å². The van der Waals surface area contributed by atoms with Gasteiger partial charge in [0, 0.05) is 36.7 Å². The quantitative estimate of drug-likeness (QED) is 0.866. The van der Waals surface area contributed by atoms with E-state index in [1.165, 1.54) is 0 Å². The molecule has 1 aliphatic rings. The van der Waals surface area contributed by atoms with Crippen molar-refractivity contribution in [2.75, 3.05) is 6.54 Å². The summed E-state index contributed by atoms with van der Waals surface area (Å²) < 4.78 is 2.16. The van der Waals surface area contributed by atoms with E-state index in [-0.39, 0.29) is 11.4 Å². The molecule has 0 aliphatic carbocycles. The first-order chi connectivity index (χ1) is 11.4. The monoisotopic (exact) mass is 348 g/mol. The maximum absolute atomic E-state index is 11.9. The minimum absolute atomic E-state index is 0.0453. The molecule has 3 rings (SSSR count). The largest absolute Gasteiger partial charge is 0.338 e. The summed E-state index contributed by atoms with van der Waals surface area (Å²) in [7, 11) is 0. The van der Waals surface area contributed by atoms with Crippen LogP contribution in [0.3, 0.4) is 0 Å². The Balaban J connectivity index is 1.40. The molecule has 3 heterocycles. The lowest BCUT2D eigenvalue weighted by molar-refractivity contribution is 0.240. The van der Waals surface area contributed by atoms with E-state index in [2.05, 4.69) is 51.2 Å². The highest BCUT2D eigenvalue weighted by Gasteiger charge is 2.18. The molecule has 2 aromatic heterocycles. The summed E-state index contributed by atoms with van der Waals surface area (Å²) in [6, 6.07) is -0.179. The Kier molecular flexibility index (Phi) is 4.84. The second-order valence-electron chi connectivity index (χ2n) is 7.04. The van der Waals surface area contributed by atoms with Crippen LogP contribution in [0.2, 0.25) is 0 Å². The van der Waals surface area contributed by atoms with Gasteiger partial charge in [-0.25, -0.2) is 9.78 Å². The molecule has 7 nitrogen and oxygen atoms in total. The van der Waals surface area contributed by atoms with Crippen LogP contribution in [0.4, 0.5) is 4.79 Å². The second kappa shape index (κ2) is 6.88. The van der Waals surface area contributed by atoms with Crippen LogP contribution < -0.4 is 10.6 Å². The SMILES string of the molecule is CC(C)(C)c1nc(CNC(=O)NCCc2nnc3n2CCC3)cs1. The van der Waals surface area contributed by atoms with E-state index in [1.54, 1.807) is 11.3 Å². The molecule has 0 unspecified atom stereocenters. The number of amides is 2. The summed E-state index contributed by atoms with van der Waals surface area (Å²) in [5.41, 5.74) is 0.944. The third-order valence-electron chi connectivity index (χ3n) is 3.94. The van der Waals surface area contributed by atoms with E-state index in [1.807, 2.05) is 5.38 Å². The lowest BCUT2D eigenvalue weighted by Gasteiger charge is -2.13. The first kappa shape index (κ1) is 16.9. The van der Waals surface area contributed by atoms with E-state index in [4.69, 9.17) is 0 Å². The van der Waals surface area contributed by atoms with Crippen LogP contribution in [0.25, 0.3) is 0 Å². The first-order valence-corrected chi connectivity index (χ1v) is 9.19. The predicted molar refractivity (Wildman–Crippen MR) is 93.1 cm³/mol. The summed E-state index contributed by atoms with van der Waals surface area (Å²) in [5.74, 6) is 2.02. The maximum atomic E-state index is 11.9. The third-order valence-corrected chi connectivity index (χ3v) is 5.26. The third kappa shape index (κ3) is 3.92. The Morgan fingerprint density at radius 1 is 1.33 bits per heavy atom. The average molecular weight is 348 g/mol. The topological polar surface area (TPSA) is 84.7 Å². The molecule has 130 valence electrons. The summed E-state index contributed by atoms with van der Waals surface area (Å²) in [6.07, 6.45) is 2.84. The highest BCUT2D eigenvalue weighted by molar-refractivity contribution is 7.09. The number of rotatable bonds is 5. The summed E-state index contributed by atoms with van der Waals surface area (Å²) in [5, 5.41) is 17.2. The number of aromatic nitrogens is 4. The zero-order valence-corrected chi connectivity index (χ0v) is 15.2. The Bertz CT molecular complexity index is 714. The van der Waals surface area contributed by atoms with Gasteiger partial charge in [-0.2, -0.15) is 0 Å². The second-order valence-corrected chi connectivity index (χ2v) is 7.90. The smallest absolute Gasteiger partial charge is 0.315 e. The number of hydrogen-bond donors (Lipinski definition) is 2. The number of urea groups is 1. The Morgan fingerprint density at radius 2 is 2.17 bits per heavy atom. The lowest BCUT2D eigenvalue weighted by atomic mass is 9.98. The molecule has 8 heteroatoms. The van der Waals surface area contributed by atoms with Crippen molar-refractivity contribution >= 4 is 17.4 Å². The highest BCUT2D eigenvalue weighted by Crippen LogP contribution is 2.25. The van der Waals surface area contributed by atoms with Crippen molar-refractivity contribution in [1.29, 1.82) is 0 Å². The van der Waals surface area contributed by atoms with Gasteiger partial charge in [0.25, 0.3) is 0 Å². The van der Waals surface area contributed by atoms with Crippen molar-refractivity contribution in [3.63, 3.8) is 0 Å². The molecule has 0 saturated heterocycles. The van der Waals surface area contributed by atoms with Gasteiger partial charge in [0.1, 0.15) is 11.6 Å². The van der Waals surface area contributed by atoms with Gasteiger partial charge in [0.15, 0.2) is 0 Å². The molecule has 0 spiro atoms. The molecule has 2 N–H and O–H groups in total. The predicted octanol–water partition coefficient (Wildman–Crippen LogP) is 2.02. The van der Waals surface area contributed by atoms with E-state index in [0.717, 1.165) is 41.7 Å². The van der Waals surface area contributed by atoms with Gasteiger partial charge in [-0.3, -0.25) is 0 Å². The van der Waals surface area contributed by atoms with Gasteiger partial charge in [-0.15, -0.1) is 21.5 Å². The van der Waals surface area contributed by atoms with E-state index < -0.39 is 0 Å². The van der Waals surface area contributed by atoms with Crippen LogP contribution in [-0.2, 0) is 31.3 Å². The molecule has 24 heavy (non-hydrogen) atoms. The minimum Gasteiger partial charge on any atom is -0.338 e. The number of thiazole rings is 1. The molecular weight excluding hydrogens is 324 g/mol. The molecule has 1 aliphatic heterocycles. The molecule has 0 bridgehead atoms. The zero-order chi connectivity index (χ0) is 17.2. The summed E-state index contributed by atoms with van der Waals surface area (Å²) in [4.78, 5) is 16.5. The summed E-state index contributed by atoms with van der Waals surface area (Å²) in [6.45, 7) is 8.39. The van der Waals surface area contributed by atoms with Crippen LogP contribution in [0.1, 0.15) is 49.5 Å². The fourth-order valence-electron chi connectivity index (χ4n) is 2.65. The van der Waals surface area contributed by atoms with Gasteiger partial charge in [-0.05, 0) is 6.42 Å². The number of carbonyl (C=O) groups excluding carboxylic acids is 1. The van der Waals surface area contributed by atoms with E-state index in [9.17, 15) is 4.79 Å². The van der Waals surface area contributed by atoms with Crippen molar-refractivity contribution in [2.45, 2.75) is 58.5 Å². The van der Waals surface area contributed by atoms with E-state index >= 15 is 0 Å². The van der Waals surface area contributed by atoms with Gasteiger partial charge in [0.05, 0.1) is 17.2 Å². The normalized spacial score (nSPS) is 13.8. The Labute approximate surface area is 145 Å². The molecule has 2 aromatic rings. The fourth-order valence-corrected chi connectivity index (χ4v) is 3.56. The standard InChI is InChI=1S/C16H24N6OS/c1-16(2,3)14-19-11(10-24-14)9-18-15(23)17-7-6-13-21-20-12-5-4-8-22(12)13/h10H,4-9H2,1-3H3,(H2,17,18,23). The zero-order valence-electron chi connectivity index (χ0n) is 14.4. The maximum Gasteiger partial charge on any atom is 0.315 e. The van der Waals surface area contributed by atoms with Gasteiger partial charge >= 0.3 is 6.03 Å². The van der Waals surface area contributed by atoms with Crippen molar-refractivity contribution in [2.24, 2.45) is 0 Å². The fraction of sp³-hybridized carbons (Fsp3) is 0.625. The number of nitrogens with one attached hydrogen (secondary N) is 2. The van der Waals surface area contributed by atoms with Gasteiger partial charge in [0.2, 0.25) is 0 Å². The van der Waals surface area contributed by atoms with Crippen LogP contribution in [-0.4, -0.2) is 32.3 Å². The number of aryl methyl sites for hydroxylation is 1. The number of nitrogens with zero attached hydrogens (tertiary/aromatic N) is 4. The number of carbonyl (C=O) groups is 1. The van der Waals surface area contributed by atoms with Crippen LogP contribution in [0.15, 0.2) is 5.38 Å². The molecule has 0 aromatic carbocycles. The lowest BCUT2D eigenvalue weighted by Crippen LogP contribution is -2.36. The van der Waals surface area contributed by atoms with Crippen LogP contribution in [0, 0.1) is 0 Å². The molecule has 0 radical (unpaired) electrons. The van der Waals surface area contributed by atoms with Crippen molar-refractivity contribution in [1.82, 2.24) is 30.4 Å². The average Bonchev–Trinajstić information content (AvgIpc) is 3.22. The van der Waals surface area contributed by atoms with Crippen LogP contribution >= 0.6 is 11.3 Å². The number of hydrogen-bond acceptors (Lipinski definition) is 5. The Morgan fingerprint density at radius 3 is 2.92 bits per heavy atom. The molecule has 0 fully saturated rings. The highest BCUT2D eigenvalue weighted by atomic mass is 32.1. The molecule has 0 atom stereocenters. The summed E-state index contributed by atoms with van der Waals surface area (Å²) >= 11 is 1.63. The molecular formula is C16H24N6OS. The van der Waals surface area contributed by atoms with Crippen molar-refractivity contribution in [3.8, 4) is 0 Å². The van der Waals surface area contributed by atoms with Gasteiger partial charge < -0.3 is 15.2 Å². The van der Waals surface area contributed by atoms with Crippen molar-refractivity contribution in [3.05, 3.63) is 27.7 Å².